The lowest BCUT2D eigenvalue weighted by Crippen LogP contribution is -2.67. The second-order valence-corrected chi connectivity index (χ2v) is 6.77. The van der Waals surface area contributed by atoms with E-state index < -0.39 is 86.0 Å². The average Bonchev–Trinajstić information content (AvgIpc) is 2.67. The molecule has 0 aromatic rings. The number of rotatable bonds is 10. The average molecular weight is 439 g/mol. The van der Waals surface area contributed by atoms with Crippen molar-refractivity contribution in [3.63, 3.8) is 0 Å². The smallest absolute Gasteiger partial charge is 0.217 e. The van der Waals surface area contributed by atoms with Crippen LogP contribution < -0.4 is 15.7 Å². The number of carboxylic acids is 1. The van der Waals surface area contributed by atoms with E-state index in [-0.39, 0.29) is 0 Å². The van der Waals surface area contributed by atoms with Crippen LogP contribution >= 0.6 is 0 Å². The van der Waals surface area contributed by atoms with Crippen LogP contribution in [0, 0.1) is 0 Å². The van der Waals surface area contributed by atoms with Gasteiger partial charge in [0.05, 0.1) is 25.2 Å². The number of nitrogens with one attached hydrogen (secondary N) is 2. The molecule has 0 saturated carbocycles. The summed E-state index contributed by atoms with van der Waals surface area (Å²) >= 11 is 0. The lowest BCUT2D eigenvalue weighted by Gasteiger charge is -2.44. The molecule has 1 aliphatic heterocycles. The Morgan fingerprint density at radius 3 is 2.13 bits per heavy atom. The van der Waals surface area contributed by atoms with Crippen molar-refractivity contribution in [2.24, 2.45) is 0 Å². The molecule has 0 aromatic heterocycles. The van der Waals surface area contributed by atoms with Gasteiger partial charge in [-0.25, -0.2) is 0 Å². The number of aliphatic hydroxyl groups is 6. The highest BCUT2D eigenvalue weighted by Crippen LogP contribution is 2.25. The Hall–Kier alpha value is -1.91. The zero-order valence-corrected chi connectivity index (χ0v) is 16.2. The molecule has 2 amide bonds. The fourth-order valence-electron chi connectivity index (χ4n) is 2.94. The van der Waals surface area contributed by atoms with E-state index in [0.717, 1.165) is 13.8 Å². The van der Waals surface area contributed by atoms with Crippen molar-refractivity contribution in [3.05, 3.63) is 0 Å². The maximum absolute atomic E-state index is 11.5. The van der Waals surface area contributed by atoms with Crippen molar-refractivity contribution in [1.82, 2.24) is 10.6 Å². The number of amides is 2. The van der Waals surface area contributed by atoms with Crippen LogP contribution in [-0.2, 0) is 23.9 Å². The standard InChI is InChI=1S/C16H28N2O12/c1-5(21)17-9(15(27)28)13(26)14(7(23)3-19)30-16-10(18-6(2)22)12(25)11(24)8(4-20)29-16/h7-14,16,19-20,23-26H,3-4H2,1-2H3,(H,17,21)(H,18,22)(H,27,28)/p-1/t7-,8-,9-,10-,11-,12-,13-,14-,16+/m1/s1. The van der Waals surface area contributed by atoms with E-state index in [1.54, 1.807) is 0 Å². The van der Waals surface area contributed by atoms with E-state index in [1.807, 2.05) is 5.32 Å². The fourth-order valence-corrected chi connectivity index (χ4v) is 2.94. The molecule has 14 nitrogen and oxygen atoms in total. The van der Waals surface area contributed by atoms with Crippen molar-refractivity contribution in [1.29, 1.82) is 0 Å². The van der Waals surface area contributed by atoms with Crippen molar-refractivity contribution < 1.29 is 59.6 Å². The van der Waals surface area contributed by atoms with Crippen LogP contribution in [0.15, 0.2) is 0 Å². The number of carbonyl (C=O) groups excluding carboxylic acids is 3. The Balaban J connectivity index is 3.22. The molecule has 1 heterocycles. The summed E-state index contributed by atoms with van der Waals surface area (Å²) in [5, 5.41) is 74.7. The Kier molecular flexibility index (Phi) is 9.99. The van der Waals surface area contributed by atoms with Gasteiger partial charge in [-0.1, -0.05) is 0 Å². The molecule has 14 heteroatoms. The van der Waals surface area contributed by atoms with Gasteiger partial charge >= 0.3 is 0 Å². The number of carboxylic acid groups (broad SMARTS) is 1. The molecule has 1 saturated heterocycles. The van der Waals surface area contributed by atoms with Gasteiger partial charge < -0.3 is 60.6 Å². The molecule has 0 aliphatic carbocycles. The predicted octanol–water partition coefficient (Wildman–Crippen LogP) is -6.72. The Morgan fingerprint density at radius 1 is 1.10 bits per heavy atom. The normalized spacial score (nSPS) is 30.6. The third-order valence-electron chi connectivity index (χ3n) is 4.40. The number of aliphatic hydroxyl groups excluding tert-OH is 6. The first-order valence-corrected chi connectivity index (χ1v) is 8.94. The molecule has 0 spiro atoms. The summed E-state index contributed by atoms with van der Waals surface area (Å²) in [5.74, 6) is -3.47. The number of ether oxygens (including phenoxy) is 2. The van der Waals surface area contributed by atoms with Gasteiger partial charge in [0.2, 0.25) is 11.8 Å². The first-order valence-electron chi connectivity index (χ1n) is 8.94. The predicted molar refractivity (Wildman–Crippen MR) is 91.9 cm³/mol. The highest BCUT2D eigenvalue weighted by atomic mass is 16.7. The molecular weight excluding hydrogens is 412 g/mol. The summed E-state index contributed by atoms with van der Waals surface area (Å²) in [4.78, 5) is 34.0. The molecule has 30 heavy (non-hydrogen) atoms. The zero-order chi connectivity index (χ0) is 23.2. The minimum absolute atomic E-state index is 0.684. The van der Waals surface area contributed by atoms with Crippen molar-refractivity contribution in [3.8, 4) is 0 Å². The summed E-state index contributed by atoms with van der Waals surface area (Å²) in [6.45, 7) is 0.232. The van der Waals surface area contributed by atoms with Gasteiger partial charge in [0.1, 0.15) is 42.7 Å². The fraction of sp³-hybridized carbons (Fsp3) is 0.812. The lowest BCUT2D eigenvalue weighted by molar-refractivity contribution is -0.318. The van der Waals surface area contributed by atoms with Crippen LogP contribution in [0.1, 0.15) is 13.8 Å². The Labute approximate surface area is 171 Å². The highest BCUT2D eigenvalue weighted by molar-refractivity contribution is 5.81. The minimum atomic E-state index is -2.18. The summed E-state index contributed by atoms with van der Waals surface area (Å²) < 4.78 is 10.6. The summed E-state index contributed by atoms with van der Waals surface area (Å²) in [6, 6.07) is -3.54. The molecule has 8 N–H and O–H groups in total. The monoisotopic (exact) mass is 439 g/mol. The van der Waals surface area contributed by atoms with E-state index in [4.69, 9.17) is 9.47 Å². The summed E-state index contributed by atoms with van der Waals surface area (Å²) in [5.41, 5.74) is 0. The molecule has 0 unspecified atom stereocenters. The van der Waals surface area contributed by atoms with Crippen LogP contribution in [0.4, 0.5) is 0 Å². The molecule has 0 radical (unpaired) electrons. The number of hydrogen-bond donors (Lipinski definition) is 8. The molecule has 9 atom stereocenters. The largest absolute Gasteiger partial charge is 0.548 e. The van der Waals surface area contributed by atoms with Gasteiger partial charge in [-0.3, -0.25) is 9.59 Å². The van der Waals surface area contributed by atoms with Gasteiger partial charge in [-0.15, -0.1) is 0 Å². The van der Waals surface area contributed by atoms with Gasteiger partial charge in [-0.2, -0.15) is 0 Å². The number of carbonyl (C=O) groups is 3. The van der Waals surface area contributed by atoms with Crippen LogP contribution in [0.25, 0.3) is 0 Å². The second-order valence-electron chi connectivity index (χ2n) is 6.77. The van der Waals surface area contributed by atoms with Crippen molar-refractivity contribution in [2.45, 2.75) is 68.8 Å². The molecule has 1 rings (SSSR count). The SMILES string of the molecule is CC(=O)N[C@H]1[C@H](O[C@@H]([C@H](O)[C@@H](NC(C)=O)C(=O)[O-])[C@H](O)CO)O[C@H](CO)[C@@H](O)[C@@H]1O. The molecule has 1 fully saturated rings. The molecule has 0 bridgehead atoms. The number of aliphatic carboxylic acids is 1. The Morgan fingerprint density at radius 2 is 1.70 bits per heavy atom. The molecule has 0 aromatic carbocycles. The molecular formula is C16H27N2O12-. The van der Waals surface area contributed by atoms with Crippen molar-refractivity contribution >= 4 is 17.8 Å². The maximum Gasteiger partial charge on any atom is 0.217 e. The first kappa shape index (κ1) is 26.1. The van der Waals surface area contributed by atoms with Crippen LogP contribution in [0.2, 0.25) is 0 Å². The van der Waals surface area contributed by atoms with Crippen molar-refractivity contribution in [2.75, 3.05) is 13.2 Å². The quantitative estimate of drug-likeness (QED) is 0.158. The topological polar surface area (TPSA) is 238 Å². The highest BCUT2D eigenvalue weighted by Gasteiger charge is 2.48. The van der Waals surface area contributed by atoms with E-state index in [2.05, 4.69) is 5.32 Å². The van der Waals surface area contributed by atoms with E-state index in [9.17, 15) is 50.1 Å². The number of hydrogen-bond acceptors (Lipinski definition) is 12. The van der Waals surface area contributed by atoms with E-state index in [0.29, 0.717) is 0 Å². The second kappa shape index (κ2) is 11.5. The minimum Gasteiger partial charge on any atom is -0.548 e. The Bertz CT molecular complexity index is 605. The van der Waals surface area contributed by atoms with Crippen LogP contribution in [0.5, 0.6) is 0 Å². The summed E-state index contributed by atoms with van der Waals surface area (Å²) in [7, 11) is 0. The first-order chi connectivity index (χ1) is 13.9. The van der Waals surface area contributed by atoms with Gasteiger partial charge in [-0.05, 0) is 0 Å². The van der Waals surface area contributed by atoms with Gasteiger partial charge in [0, 0.05) is 13.8 Å². The lowest BCUT2D eigenvalue weighted by atomic mass is 9.96. The van der Waals surface area contributed by atoms with Gasteiger partial charge in [0.15, 0.2) is 6.29 Å². The molecule has 1 aliphatic rings. The molecule has 174 valence electrons. The third-order valence-corrected chi connectivity index (χ3v) is 4.40. The van der Waals surface area contributed by atoms with Gasteiger partial charge in [0.25, 0.3) is 0 Å². The third kappa shape index (κ3) is 6.55. The zero-order valence-electron chi connectivity index (χ0n) is 16.2. The summed E-state index contributed by atoms with van der Waals surface area (Å²) in [6.07, 6.45) is -12.5. The van der Waals surface area contributed by atoms with Crippen LogP contribution in [0.3, 0.4) is 0 Å². The van der Waals surface area contributed by atoms with Crippen LogP contribution in [-0.4, -0.2) is 117 Å². The van der Waals surface area contributed by atoms with E-state index >= 15 is 0 Å². The van der Waals surface area contributed by atoms with E-state index in [1.165, 1.54) is 0 Å². The maximum atomic E-state index is 11.5.